The Bertz CT molecular complexity index is 7590. The number of aromatic nitrogens is 19. The lowest BCUT2D eigenvalue weighted by Crippen LogP contribution is -2.30. The first-order valence-electron chi connectivity index (χ1n) is 41.0. The van der Waals surface area contributed by atoms with Gasteiger partial charge in [-0.25, -0.2) is 44.1 Å². The molecule has 0 atom stereocenters. The van der Waals surface area contributed by atoms with Crippen LogP contribution in [0.25, 0.3) is 112 Å². The number of H-pyrrole nitrogens is 4. The minimum atomic E-state index is -0.721. The van der Waals surface area contributed by atoms with E-state index >= 15 is 0 Å². The van der Waals surface area contributed by atoms with E-state index < -0.39 is 49.9 Å². The first-order chi connectivity index (χ1) is 61.1. The Balaban J connectivity index is 0.000000131. The normalized spacial score (nSPS) is 11.5. The highest BCUT2D eigenvalue weighted by Gasteiger charge is 2.25. The molecule has 0 unspecified atom stereocenters. The second-order valence-electron chi connectivity index (χ2n) is 31.2. The third-order valence-electron chi connectivity index (χ3n) is 22.3. The highest BCUT2D eigenvalue weighted by atomic mass is 16.6. The van der Waals surface area contributed by atoms with Crippen molar-refractivity contribution in [2.24, 2.45) is 7.05 Å². The summed E-state index contributed by atoms with van der Waals surface area (Å²) in [5.74, 6) is 2.74. The molecule has 10 heterocycles. The number of nitro benzene ring substituents is 1. The third kappa shape index (κ3) is 19.2. The molecule has 2 aromatic heterocycles. The maximum Gasteiger partial charge on any atom is 0.349 e. The number of nitro groups is 1. The van der Waals surface area contributed by atoms with Crippen molar-refractivity contribution in [3.63, 3.8) is 0 Å². The molecule has 0 bridgehead atoms. The van der Waals surface area contributed by atoms with Gasteiger partial charge in [0.2, 0.25) is 0 Å². The zero-order valence-electron chi connectivity index (χ0n) is 71.6. The quantitative estimate of drug-likeness (QED) is 0.0129. The second-order valence-corrected chi connectivity index (χ2v) is 31.2. The number of hydrogen-bond acceptors (Lipinski definition) is 26. The average Bonchev–Trinajstić information content (AvgIpc) is 1.26. The van der Waals surface area contributed by atoms with E-state index in [4.69, 9.17) is 4.52 Å². The zero-order chi connectivity index (χ0) is 89.6. The molecular weight excluding hydrogens is 1620 g/mol. The molecule has 36 heteroatoms. The summed E-state index contributed by atoms with van der Waals surface area (Å²) in [5, 5.41) is 28.5. The minimum Gasteiger partial charge on any atom is -0.378 e. The Hall–Kier alpha value is -15.4. The summed E-state index contributed by atoms with van der Waals surface area (Å²) in [5.41, 5.74) is 17.3. The standard InChI is InChI=1S/C24H22N6O3.C23H23N7O2.C23H26N6O2.C21H20N6O4/c1-14-10-19-20(11-15(14)2)30(22-21(26-19)23(31)28-24(32)27-22)9-8-25-13-17-12-18(29-33-17)16-6-4-3-5-7-16;1-13-10-16-18(11-14(13)2)30(21-20(26-16)22(31)28-23(32)27-21)9-8-24-12-19-25-15-6-4-5-7-17(15)29(19)3;1-14-11-18-19(12-15(14)2)29(21-20(25-18)22(30)27-23(31)26-21)10-9-24-13-16-5-7-17(8-6-16)28(3)4;1-12-8-16-17(9-13(12)2)26(19-18(23-16)20(28)25-21(29)24-19)7-6-22-11-14-4-3-5-15(10-14)27(30)31/h3-7,10-12,25H,8-9,13H2,1-2H3,(H,28,31,32);4-7,10-11,24H,8-9,12H2,1-3H3,(H,28,31,32);5-8,11-12,24H,9-10,13H2,1-4H3,(H,27,30,31);3-5,8-10,22H,6-7,11H2,1-2H3,(H,25,28,29). The number of non-ortho nitro benzene ring substituents is 1. The van der Waals surface area contributed by atoms with Crippen LogP contribution in [0.15, 0.2) is 201 Å². The number of nitrogens with one attached hydrogen (secondary N) is 8. The summed E-state index contributed by atoms with van der Waals surface area (Å²) >= 11 is 0. The Labute approximate surface area is 722 Å². The SMILES string of the molecule is Cc1cc2nc3c(=O)[nH]c(=O)nc-3n(CCNCc3cc(-c4ccccc4)no3)c2cc1C.Cc1cc2nc3c(=O)[nH]c(=O)nc-3n(CCNCc3ccc(N(C)C)cc3)c2cc1C.Cc1cc2nc3c(=O)[nH]c(=O)nc-3n(CCNCc3cccc([N+](=O)[O-])c3)c2cc1C.Cc1cc2nc3c(=O)[nH]c(=O)nc-3n(CCNCc3nc4ccccc4n3C)c2cc1C. The predicted molar refractivity (Wildman–Crippen MR) is 485 cm³/mol. The number of hydrogen-bond donors (Lipinski definition) is 8. The first kappa shape index (κ1) is 86.5. The van der Waals surface area contributed by atoms with Gasteiger partial charge in [-0.1, -0.05) is 71.9 Å². The molecule has 0 aliphatic carbocycles. The molecule has 646 valence electrons. The fraction of sp³-hybridized carbons (Fsp3) is 0.253. The average molecular weight is 1710 g/mol. The number of nitrogens with zero attached hydrogens (tertiary/aromatic N) is 17. The van der Waals surface area contributed by atoms with E-state index in [-0.39, 0.29) is 40.1 Å². The summed E-state index contributed by atoms with van der Waals surface area (Å²) in [6.07, 6.45) is 0. The molecule has 0 saturated carbocycles. The largest absolute Gasteiger partial charge is 0.378 e. The van der Waals surface area contributed by atoms with E-state index in [9.17, 15) is 48.5 Å². The molecule has 8 N–H and O–H groups in total. The summed E-state index contributed by atoms with van der Waals surface area (Å²) in [6.45, 7) is 22.5. The van der Waals surface area contributed by atoms with Crippen molar-refractivity contribution < 1.29 is 9.45 Å². The van der Waals surface area contributed by atoms with Crippen molar-refractivity contribution >= 4 is 66.5 Å². The number of benzene rings is 8. The Morgan fingerprint density at radius 2 is 0.748 bits per heavy atom. The molecule has 10 aromatic rings. The van der Waals surface area contributed by atoms with Crippen molar-refractivity contribution in [1.82, 2.24) is 114 Å². The lowest BCUT2D eigenvalue weighted by atomic mass is 10.1. The molecule has 36 nitrogen and oxygen atoms in total. The monoisotopic (exact) mass is 1710 g/mol. The van der Waals surface area contributed by atoms with Gasteiger partial charge in [0.05, 0.1) is 73.2 Å². The Kier molecular flexibility index (Phi) is 25.4. The number of anilines is 1. The second kappa shape index (κ2) is 37.4. The van der Waals surface area contributed by atoms with Crippen molar-refractivity contribution in [2.45, 2.75) is 108 Å². The Morgan fingerprint density at radius 1 is 0.378 bits per heavy atom. The molecule has 8 aliphatic heterocycles. The molecule has 18 rings (SSSR count). The van der Waals surface area contributed by atoms with E-state index in [0.717, 1.165) is 106 Å². The highest BCUT2D eigenvalue weighted by molar-refractivity contribution is 5.85. The van der Waals surface area contributed by atoms with Crippen LogP contribution >= 0.6 is 0 Å². The van der Waals surface area contributed by atoms with Crippen LogP contribution in [-0.4, -0.2) is 138 Å². The van der Waals surface area contributed by atoms with Gasteiger partial charge in [0.25, 0.3) is 27.9 Å². The number of rotatable bonds is 23. The number of para-hydroxylation sites is 2. The molecule has 8 aliphatic rings. The number of fused-ring (bicyclic) bond motifs is 9. The van der Waals surface area contributed by atoms with Gasteiger partial charge in [-0.3, -0.25) is 49.2 Å². The molecule has 0 amide bonds. The third-order valence-corrected chi connectivity index (χ3v) is 22.3. The van der Waals surface area contributed by atoms with Crippen LogP contribution in [-0.2, 0) is 59.4 Å². The minimum absolute atomic E-state index is 0.0389. The van der Waals surface area contributed by atoms with Crippen LogP contribution in [0.3, 0.4) is 0 Å². The van der Waals surface area contributed by atoms with Gasteiger partial charge < -0.3 is 53.5 Å². The van der Waals surface area contributed by atoms with Crippen LogP contribution in [0.2, 0.25) is 0 Å². The van der Waals surface area contributed by atoms with Crippen molar-refractivity contribution in [2.75, 3.05) is 45.2 Å². The summed E-state index contributed by atoms with van der Waals surface area (Å²) in [7, 11) is 6.04. The number of aryl methyl sites for hydroxylation is 9. The molecule has 0 saturated heterocycles. The Morgan fingerprint density at radius 3 is 1.14 bits per heavy atom. The lowest BCUT2D eigenvalue weighted by molar-refractivity contribution is -0.384. The van der Waals surface area contributed by atoms with Gasteiger partial charge in [0.15, 0.2) is 51.8 Å². The summed E-state index contributed by atoms with van der Waals surface area (Å²) in [4.78, 5) is 157. The van der Waals surface area contributed by atoms with Crippen molar-refractivity contribution in [3.8, 4) is 57.3 Å². The van der Waals surface area contributed by atoms with Crippen LogP contribution in [0.5, 0.6) is 0 Å². The lowest BCUT2D eigenvalue weighted by Gasteiger charge is -2.18. The topological polar surface area (TPSA) is 461 Å². The summed E-state index contributed by atoms with van der Waals surface area (Å²) < 4.78 is 15.0. The smallest absolute Gasteiger partial charge is 0.349 e. The van der Waals surface area contributed by atoms with Crippen LogP contribution in [0.1, 0.15) is 67.2 Å². The van der Waals surface area contributed by atoms with Gasteiger partial charge in [0, 0.05) is 116 Å². The maximum absolute atomic E-state index is 12.4. The molecule has 8 aromatic carbocycles. The zero-order valence-corrected chi connectivity index (χ0v) is 71.6. The fourth-order valence-electron chi connectivity index (χ4n) is 14.9. The van der Waals surface area contributed by atoms with Crippen molar-refractivity contribution in [3.05, 3.63) is 318 Å². The highest BCUT2D eigenvalue weighted by Crippen LogP contribution is 2.30. The van der Waals surface area contributed by atoms with E-state index in [0.29, 0.717) is 118 Å². The van der Waals surface area contributed by atoms with Gasteiger partial charge >= 0.3 is 22.8 Å². The first-order valence-corrected chi connectivity index (χ1v) is 41.0. The van der Waals surface area contributed by atoms with Gasteiger partial charge in [-0.15, -0.1) is 0 Å². The van der Waals surface area contributed by atoms with E-state index in [2.05, 4.69) is 125 Å². The summed E-state index contributed by atoms with van der Waals surface area (Å²) in [6, 6.07) is 50.4. The number of imidazole rings is 1. The molecule has 127 heavy (non-hydrogen) atoms. The van der Waals surface area contributed by atoms with E-state index in [1.165, 1.54) is 17.7 Å². The predicted octanol–water partition coefficient (Wildman–Crippen LogP) is 8.48. The number of aromatic amines is 4. The van der Waals surface area contributed by atoms with E-state index in [1.807, 2.05) is 199 Å². The van der Waals surface area contributed by atoms with Crippen molar-refractivity contribution in [1.29, 1.82) is 0 Å². The van der Waals surface area contributed by atoms with Gasteiger partial charge in [-0.05, 0) is 184 Å². The van der Waals surface area contributed by atoms with E-state index in [1.54, 1.807) is 16.7 Å². The molecular formula is C91H91N25O11. The maximum atomic E-state index is 12.4. The molecule has 0 radical (unpaired) electrons. The van der Waals surface area contributed by atoms with Crippen LogP contribution in [0.4, 0.5) is 11.4 Å². The fourth-order valence-corrected chi connectivity index (χ4v) is 14.9. The molecule has 0 fully saturated rings. The van der Waals surface area contributed by atoms with Gasteiger partial charge in [-0.2, -0.15) is 19.9 Å². The van der Waals surface area contributed by atoms with Gasteiger partial charge in [0.1, 0.15) is 11.5 Å². The molecule has 0 spiro atoms. The van der Waals surface area contributed by atoms with Crippen LogP contribution < -0.4 is 71.2 Å². The van der Waals surface area contributed by atoms with Crippen LogP contribution in [0, 0.1) is 65.5 Å².